The first-order valence-electron chi connectivity index (χ1n) is 6.22. The Balaban J connectivity index is 1.69. The Labute approximate surface area is 121 Å². The number of amidine groups is 1. The number of hydrogen-bond acceptors (Lipinski definition) is 5. The maximum Gasteiger partial charge on any atom is 0.170 e. The van der Waals surface area contributed by atoms with Gasteiger partial charge in [-0.3, -0.25) is 0 Å². The first kappa shape index (κ1) is 14.4. The SMILES string of the molecule is NC(=NO)c1ccc(OCCNCc2ccsc2)cc1. The molecular weight excluding hydrogens is 274 g/mol. The van der Waals surface area contributed by atoms with Crippen LogP contribution in [-0.4, -0.2) is 24.2 Å². The number of ether oxygens (including phenoxy) is 1. The van der Waals surface area contributed by atoms with E-state index in [-0.39, 0.29) is 5.84 Å². The van der Waals surface area contributed by atoms with Crippen LogP contribution in [0.4, 0.5) is 0 Å². The van der Waals surface area contributed by atoms with E-state index in [2.05, 4.69) is 27.3 Å². The predicted molar refractivity (Wildman–Crippen MR) is 80.5 cm³/mol. The van der Waals surface area contributed by atoms with Crippen LogP contribution in [0.5, 0.6) is 5.75 Å². The predicted octanol–water partition coefficient (Wildman–Crippen LogP) is 2.01. The summed E-state index contributed by atoms with van der Waals surface area (Å²) in [5.41, 5.74) is 7.43. The van der Waals surface area contributed by atoms with Gasteiger partial charge in [-0.1, -0.05) is 5.16 Å². The van der Waals surface area contributed by atoms with Gasteiger partial charge in [-0.15, -0.1) is 0 Å². The van der Waals surface area contributed by atoms with Crippen molar-refractivity contribution in [2.75, 3.05) is 13.2 Å². The summed E-state index contributed by atoms with van der Waals surface area (Å²) >= 11 is 1.70. The Morgan fingerprint density at radius 1 is 1.30 bits per heavy atom. The number of nitrogens with one attached hydrogen (secondary N) is 1. The van der Waals surface area contributed by atoms with Gasteiger partial charge in [0.15, 0.2) is 5.84 Å². The Kier molecular flexibility index (Phi) is 5.40. The maximum absolute atomic E-state index is 8.56. The van der Waals surface area contributed by atoms with E-state index in [1.54, 1.807) is 35.6 Å². The van der Waals surface area contributed by atoms with E-state index in [0.29, 0.717) is 12.2 Å². The normalized spacial score (nSPS) is 11.5. The van der Waals surface area contributed by atoms with Gasteiger partial charge in [0.05, 0.1) is 0 Å². The Bertz CT molecular complexity index is 538. The summed E-state index contributed by atoms with van der Waals surface area (Å²) in [5, 5.41) is 19.0. The zero-order valence-corrected chi connectivity index (χ0v) is 11.8. The van der Waals surface area contributed by atoms with Gasteiger partial charge < -0.3 is 21.0 Å². The van der Waals surface area contributed by atoms with Crippen LogP contribution < -0.4 is 15.8 Å². The van der Waals surface area contributed by atoms with Crippen LogP contribution in [-0.2, 0) is 6.54 Å². The lowest BCUT2D eigenvalue weighted by molar-refractivity contribution is 0.313. The second-order valence-electron chi connectivity index (χ2n) is 4.17. The highest BCUT2D eigenvalue weighted by Gasteiger charge is 1.99. The minimum atomic E-state index is 0.0916. The lowest BCUT2D eigenvalue weighted by atomic mass is 10.2. The van der Waals surface area contributed by atoms with E-state index < -0.39 is 0 Å². The van der Waals surface area contributed by atoms with Crippen LogP contribution in [0.2, 0.25) is 0 Å². The molecule has 0 saturated heterocycles. The van der Waals surface area contributed by atoms with Crippen molar-refractivity contribution in [1.82, 2.24) is 5.32 Å². The summed E-state index contributed by atoms with van der Waals surface area (Å²) in [4.78, 5) is 0. The summed E-state index contributed by atoms with van der Waals surface area (Å²) in [6.45, 7) is 2.22. The molecule has 0 atom stereocenters. The molecule has 2 rings (SSSR count). The fraction of sp³-hybridized carbons (Fsp3) is 0.214. The molecule has 1 heterocycles. The second-order valence-corrected chi connectivity index (χ2v) is 4.95. The van der Waals surface area contributed by atoms with Crippen molar-refractivity contribution < 1.29 is 9.94 Å². The highest BCUT2D eigenvalue weighted by atomic mass is 32.1. The summed E-state index contributed by atoms with van der Waals surface area (Å²) in [6.07, 6.45) is 0. The smallest absolute Gasteiger partial charge is 0.170 e. The van der Waals surface area contributed by atoms with Crippen molar-refractivity contribution in [3.63, 3.8) is 0 Å². The fourth-order valence-electron chi connectivity index (χ4n) is 1.65. The second kappa shape index (κ2) is 7.52. The maximum atomic E-state index is 8.56. The van der Waals surface area contributed by atoms with Crippen LogP contribution in [0, 0.1) is 0 Å². The van der Waals surface area contributed by atoms with Crippen molar-refractivity contribution in [2.24, 2.45) is 10.9 Å². The van der Waals surface area contributed by atoms with E-state index in [9.17, 15) is 0 Å². The van der Waals surface area contributed by atoms with E-state index in [4.69, 9.17) is 15.7 Å². The van der Waals surface area contributed by atoms with Gasteiger partial charge in [-0.2, -0.15) is 11.3 Å². The molecule has 1 aromatic heterocycles. The third-order valence-electron chi connectivity index (χ3n) is 2.71. The lowest BCUT2D eigenvalue weighted by Crippen LogP contribution is -2.20. The summed E-state index contributed by atoms with van der Waals surface area (Å²) < 4.78 is 5.59. The van der Waals surface area contributed by atoms with E-state index in [1.165, 1.54) is 5.56 Å². The topological polar surface area (TPSA) is 79.9 Å². The first-order chi connectivity index (χ1) is 9.79. The van der Waals surface area contributed by atoms with Crippen molar-refractivity contribution >= 4 is 17.2 Å². The van der Waals surface area contributed by atoms with E-state index in [0.717, 1.165) is 18.8 Å². The number of hydrogen-bond donors (Lipinski definition) is 3. The molecule has 0 unspecified atom stereocenters. The molecule has 5 nitrogen and oxygen atoms in total. The minimum absolute atomic E-state index is 0.0916. The molecule has 106 valence electrons. The molecule has 20 heavy (non-hydrogen) atoms. The van der Waals surface area contributed by atoms with Gasteiger partial charge >= 0.3 is 0 Å². The standard InChI is InChI=1S/C14H17N3O2S/c15-14(17-18)12-1-3-13(4-2-12)19-7-6-16-9-11-5-8-20-10-11/h1-5,8,10,16,18H,6-7,9H2,(H2,15,17). The van der Waals surface area contributed by atoms with Crippen LogP contribution >= 0.6 is 11.3 Å². The molecule has 2 aromatic rings. The Morgan fingerprint density at radius 3 is 2.75 bits per heavy atom. The molecule has 0 spiro atoms. The first-order valence-corrected chi connectivity index (χ1v) is 7.16. The van der Waals surface area contributed by atoms with Crippen molar-refractivity contribution in [3.8, 4) is 5.75 Å². The number of thiophene rings is 1. The van der Waals surface area contributed by atoms with Gasteiger partial charge in [0.1, 0.15) is 12.4 Å². The Hall–Kier alpha value is -2.05. The molecule has 1 aromatic carbocycles. The highest BCUT2D eigenvalue weighted by Crippen LogP contribution is 2.11. The van der Waals surface area contributed by atoms with Crippen molar-refractivity contribution in [2.45, 2.75) is 6.54 Å². The largest absolute Gasteiger partial charge is 0.492 e. The summed E-state index contributed by atoms with van der Waals surface area (Å²) in [6, 6.07) is 9.20. The van der Waals surface area contributed by atoms with Gasteiger partial charge in [0.2, 0.25) is 0 Å². The van der Waals surface area contributed by atoms with E-state index in [1.807, 2.05) is 0 Å². The van der Waals surface area contributed by atoms with Gasteiger partial charge in [0.25, 0.3) is 0 Å². The number of benzene rings is 1. The van der Waals surface area contributed by atoms with Gasteiger partial charge in [-0.05, 0) is 46.7 Å². The monoisotopic (exact) mass is 291 g/mol. The van der Waals surface area contributed by atoms with Crippen LogP contribution in [0.1, 0.15) is 11.1 Å². The number of nitrogens with zero attached hydrogens (tertiary/aromatic N) is 1. The highest BCUT2D eigenvalue weighted by molar-refractivity contribution is 7.07. The number of rotatable bonds is 7. The molecule has 0 aliphatic carbocycles. The molecular formula is C14H17N3O2S. The molecule has 0 fully saturated rings. The van der Waals surface area contributed by atoms with Gasteiger partial charge in [0, 0.05) is 18.7 Å². The third kappa shape index (κ3) is 4.25. The molecule has 0 aliphatic heterocycles. The fourth-order valence-corrected chi connectivity index (χ4v) is 2.32. The molecule has 0 aliphatic rings. The number of oxime groups is 1. The summed E-state index contributed by atoms with van der Waals surface area (Å²) in [5.74, 6) is 0.853. The van der Waals surface area contributed by atoms with Crippen molar-refractivity contribution in [1.29, 1.82) is 0 Å². The molecule has 0 bridgehead atoms. The van der Waals surface area contributed by atoms with Crippen LogP contribution in [0.3, 0.4) is 0 Å². The third-order valence-corrected chi connectivity index (χ3v) is 3.45. The average Bonchev–Trinajstić information content (AvgIpc) is 3.00. The zero-order chi connectivity index (χ0) is 14.2. The Morgan fingerprint density at radius 2 is 2.10 bits per heavy atom. The quantitative estimate of drug-likeness (QED) is 0.240. The zero-order valence-electron chi connectivity index (χ0n) is 11.0. The van der Waals surface area contributed by atoms with E-state index >= 15 is 0 Å². The number of nitrogens with two attached hydrogens (primary N) is 1. The minimum Gasteiger partial charge on any atom is -0.492 e. The van der Waals surface area contributed by atoms with Crippen LogP contribution in [0.25, 0.3) is 0 Å². The van der Waals surface area contributed by atoms with Crippen LogP contribution in [0.15, 0.2) is 46.2 Å². The van der Waals surface area contributed by atoms with Crippen molar-refractivity contribution in [3.05, 3.63) is 52.2 Å². The molecule has 0 saturated carbocycles. The molecule has 0 amide bonds. The molecule has 0 radical (unpaired) electrons. The van der Waals surface area contributed by atoms with Gasteiger partial charge in [-0.25, -0.2) is 0 Å². The lowest BCUT2D eigenvalue weighted by Gasteiger charge is -2.07. The molecule has 4 N–H and O–H groups in total. The average molecular weight is 291 g/mol. The summed E-state index contributed by atoms with van der Waals surface area (Å²) in [7, 11) is 0. The molecule has 6 heteroatoms.